The smallest absolute Gasteiger partial charge is 0.149 e. The number of nitrogens with zero attached hydrogens (tertiary/aromatic N) is 1. The lowest BCUT2D eigenvalue weighted by molar-refractivity contribution is -0.136. The Morgan fingerprint density at radius 2 is 1.89 bits per heavy atom. The van der Waals surface area contributed by atoms with E-state index in [1.807, 2.05) is 13.8 Å². The van der Waals surface area contributed by atoms with Crippen LogP contribution in [0.15, 0.2) is 29.3 Å². The van der Waals surface area contributed by atoms with Crippen molar-refractivity contribution in [2.24, 2.45) is 16.3 Å². The zero-order valence-electron chi connectivity index (χ0n) is 11.2. The SMILES string of the molecule is CC1(C)CC(=O)C(C=Nc2cccc(N)c2)C(=O)C1. The Morgan fingerprint density at radius 3 is 2.47 bits per heavy atom. The molecule has 2 rings (SSSR count). The molecule has 0 spiro atoms. The van der Waals surface area contributed by atoms with Crippen LogP contribution in [0, 0.1) is 11.3 Å². The van der Waals surface area contributed by atoms with Crippen molar-refractivity contribution < 1.29 is 9.59 Å². The zero-order valence-corrected chi connectivity index (χ0v) is 11.2. The molecule has 4 heteroatoms. The van der Waals surface area contributed by atoms with Gasteiger partial charge in [-0.2, -0.15) is 0 Å². The van der Waals surface area contributed by atoms with Crippen molar-refractivity contribution >= 4 is 29.2 Å². The van der Waals surface area contributed by atoms with Crippen molar-refractivity contribution in [1.82, 2.24) is 0 Å². The normalized spacial score (nSPS) is 20.1. The number of aliphatic imine (C=N–C) groups is 1. The summed E-state index contributed by atoms with van der Waals surface area (Å²) in [5.74, 6) is -0.794. The van der Waals surface area contributed by atoms with Crippen molar-refractivity contribution in [2.75, 3.05) is 5.73 Å². The standard InChI is InChI=1S/C15H18N2O2/c1-15(2)7-13(18)12(14(19)8-15)9-17-11-5-3-4-10(16)6-11/h3-6,9,12H,7-8,16H2,1-2H3. The fourth-order valence-electron chi connectivity index (χ4n) is 2.34. The first kappa shape index (κ1) is 13.5. The molecule has 19 heavy (non-hydrogen) atoms. The van der Waals surface area contributed by atoms with Gasteiger partial charge in [0.1, 0.15) is 17.5 Å². The van der Waals surface area contributed by atoms with Gasteiger partial charge in [0.15, 0.2) is 0 Å². The molecule has 1 aliphatic rings. The summed E-state index contributed by atoms with van der Waals surface area (Å²) in [4.78, 5) is 28.1. The lowest BCUT2D eigenvalue weighted by atomic mass is 9.72. The molecule has 1 aromatic rings. The van der Waals surface area contributed by atoms with Crippen molar-refractivity contribution in [2.45, 2.75) is 26.7 Å². The van der Waals surface area contributed by atoms with Crippen LogP contribution in [0.5, 0.6) is 0 Å². The van der Waals surface area contributed by atoms with Crippen molar-refractivity contribution in [3.63, 3.8) is 0 Å². The van der Waals surface area contributed by atoms with E-state index in [9.17, 15) is 9.59 Å². The number of carbonyl (C=O) groups is 2. The number of nitrogen functional groups attached to an aromatic ring is 1. The number of hydrogen-bond acceptors (Lipinski definition) is 4. The molecule has 0 radical (unpaired) electrons. The summed E-state index contributed by atoms with van der Waals surface area (Å²) < 4.78 is 0. The molecule has 1 saturated carbocycles. The van der Waals surface area contributed by atoms with Gasteiger partial charge in [0.05, 0.1) is 5.69 Å². The molecule has 0 aromatic heterocycles. The first-order valence-corrected chi connectivity index (χ1v) is 6.32. The highest BCUT2D eigenvalue weighted by atomic mass is 16.2. The zero-order chi connectivity index (χ0) is 14.0. The van der Waals surface area contributed by atoms with Gasteiger partial charge in [-0.3, -0.25) is 14.6 Å². The number of benzene rings is 1. The van der Waals surface area contributed by atoms with Crippen LogP contribution < -0.4 is 5.73 Å². The highest BCUT2D eigenvalue weighted by Crippen LogP contribution is 2.33. The van der Waals surface area contributed by atoms with Gasteiger partial charge in [0.2, 0.25) is 0 Å². The van der Waals surface area contributed by atoms with Crippen LogP contribution in [0.4, 0.5) is 11.4 Å². The third kappa shape index (κ3) is 3.28. The fourth-order valence-corrected chi connectivity index (χ4v) is 2.34. The van der Waals surface area contributed by atoms with Crippen LogP contribution >= 0.6 is 0 Å². The van der Waals surface area contributed by atoms with E-state index in [1.54, 1.807) is 24.3 Å². The van der Waals surface area contributed by atoms with Crippen LogP contribution in [0.25, 0.3) is 0 Å². The number of rotatable bonds is 2. The molecular formula is C15H18N2O2. The van der Waals surface area contributed by atoms with E-state index in [1.165, 1.54) is 6.21 Å². The van der Waals surface area contributed by atoms with E-state index in [2.05, 4.69) is 4.99 Å². The number of hydrogen-bond donors (Lipinski definition) is 1. The number of carbonyl (C=O) groups excluding carboxylic acids is 2. The van der Waals surface area contributed by atoms with Gasteiger partial charge in [-0.1, -0.05) is 19.9 Å². The average molecular weight is 258 g/mol. The predicted octanol–water partition coefficient (Wildman–Crippen LogP) is 2.55. The lowest BCUT2D eigenvalue weighted by Gasteiger charge is -2.30. The molecule has 2 N–H and O–H groups in total. The van der Waals surface area contributed by atoms with Crippen LogP contribution in [-0.2, 0) is 9.59 Å². The molecule has 0 bridgehead atoms. The first-order valence-electron chi connectivity index (χ1n) is 6.32. The average Bonchev–Trinajstić information content (AvgIpc) is 2.26. The van der Waals surface area contributed by atoms with E-state index in [-0.39, 0.29) is 17.0 Å². The molecule has 1 fully saturated rings. The number of anilines is 1. The molecule has 100 valence electrons. The van der Waals surface area contributed by atoms with E-state index in [0.29, 0.717) is 24.2 Å². The van der Waals surface area contributed by atoms with Crippen LogP contribution in [0.3, 0.4) is 0 Å². The molecule has 0 atom stereocenters. The highest BCUT2D eigenvalue weighted by molar-refractivity contribution is 6.16. The number of ketones is 2. The Bertz CT molecular complexity index is 527. The third-order valence-corrected chi connectivity index (χ3v) is 3.24. The largest absolute Gasteiger partial charge is 0.399 e. The van der Waals surface area contributed by atoms with E-state index < -0.39 is 5.92 Å². The van der Waals surface area contributed by atoms with Gasteiger partial charge in [-0.05, 0) is 23.6 Å². The Morgan fingerprint density at radius 1 is 1.26 bits per heavy atom. The molecule has 0 saturated heterocycles. The highest BCUT2D eigenvalue weighted by Gasteiger charge is 2.38. The topological polar surface area (TPSA) is 72.5 Å². The van der Waals surface area contributed by atoms with Gasteiger partial charge < -0.3 is 5.73 Å². The van der Waals surface area contributed by atoms with Gasteiger partial charge in [0, 0.05) is 24.7 Å². The summed E-state index contributed by atoms with van der Waals surface area (Å²) >= 11 is 0. The minimum absolute atomic E-state index is 0.0473. The van der Waals surface area contributed by atoms with Gasteiger partial charge in [-0.25, -0.2) is 0 Å². The molecule has 1 aromatic carbocycles. The second-order valence-electron chi connectivity index (χ2n) is 5.80. The maximum absolute atomic E-state index is 12.0. The number of nitrogens with two attached hydrogens (primary N) is 1. The summed E-state index contributed by atoms with van der Waals surface area (Å²) in [6, 6.07) is 7.04. The maximum atomic E-state index is 12.0. The summed E-state index contributed by atoms with van der Waals surface area (Å²) in [6.07, 6.45) is 2.30. The van der Waals surface area contributed by atoms with Crippen molar-refractivity contribution in [1.29, 1.82) is 0 Å². The van der Waals surface area contributed by atoms with E-state index in [4.69, 9.17) is 5.73 Å². The molecule has 4 nitrogen and oxygen atoms in total. The molecule has 1 aliphatic carbocycles. The first-order chi connectivity index (χ1) is 8.87. The third-order valence-electron chi connectivity index (χ3n) is 3.24. The molecule has 0 unspecified atom stereocenters. The summed E-state index contributed by atoms with van der Waals surface area (Å²) in [7, 11) is 0. The minimum Gasteiger partial charge on any atom is -0.399 e. The van der Waals surface area contributed by atoms with Crippen LogP contribution in [0.1, 0.15) is 26.7 Å². The monoisotopic (exact) mass is 258 g/mol. The second-order valence-corrected chi connectivity index (χ2v) is 5.80. The van der Waals surface area contributed by atoms with Crippen LogP contribution in [-0.4, -0.2) is 17.8 Å². The Kier molecular flexibility index (Phi) is 3.51. The lowest BCUT2D eigenvalue weighted by Crippen LogP contribution is -2.38. The van der Waals surface area contributed by atoms with Crippen molar-refractivity contribution in [3.05, 3.63) is 24.3 Å². The minimum atomic E-state index is -0.700. The van der Waals surface area contributed by atoms with Crippen molar-refractivity contribution in [3.8, 4) is 0 Å². The van der Waals surface area contributed by atoms with E-state index in [0.717, 1.165) is 0 Å². The molecule has 0 aliphatic heterocycles. The second kappa shape index (κ2) is 4.96. The Hall–Kier alpha value is -1.97. The van der Waals surface area contributed by atoms with Gasteiger partial charge in [0.25, 0.3) is 0 Å². The quantitative estimate of drug-likeness (QED) is 0.503. The van der Waals surface area contributed by atoms with Crippen LogP contribution in [0.2, 0.25) is 0 Å². The van der Waals surface area contributed by atoms with Gasteiger partial charge >= 0.3 is 0 Å². The Labute approximate surface area is 112 Å². The maximum Gasteiger partial charge on any atom is 0.149 e. The Balaban J connectivity index is 2.15. The number of Topliss-reactive ketones (excluding diaryl/α,β-unsaturated/α-hetero) is 2. The molecule has 0 amide bonds. The summed E-state index contributed by atoms with van der Waals surface area (Å²) in [5, 5.41) is 0. The van der Waals surface area contributed by atoms with E-state index >= 15 is 0 Å². The summed E-state index contributed by atoms with van der Waals surface area (Å²) in [6.45, 7) is 3.88. The fraction of sp³-hybridized carbons (Fsp3) is 0.400. The summed E-state index contributed by atoms with van der Waals surface area (Å²) in [5.41, 5.74) is 6.69. The van der Waals surface area contributed by atoms with Gasteiger partial charge in [-0.15, -0.1) is 0 Å². The molecular weight excluding hydrogens is 240 g/mol. The predicted molar refractivity (Wildman–Crippen MR) is 75.5 cm³/mol. The molecule has 0 heterocycles.